The lowest BCUT2D eigenvalue weighted by Crippen LogP contribution is -2.17. The number of H-pyrrole nitrogens is 1. The summed E-state index contributed by atoms with van der Waals surface area (Å²) in [7, 11) is 0. The van der Waals surface area contributed by atoms with E-state index in [0.717, 1.165) is 6.42 Å². The number of anilines is 1. The molecule has 0 amide bonds. The van der Waals surface area contributed by atoms with E-state index < -0.39 is 0 Å². The third-order valence-corrected chi connectivity index (χ3v) is 3.44. The van der Waals surface area contributed by atoms with Gasteiger partial charge in [0.1, 0.15) is 10.2 Å². The van der Waals surface area contributed by atoms with Crippen LogP contribution in [0.3, 0.4) is 0 Å². The number of rotatable bonds is 4. The SMILES string of the molecule is CCCn1c(Sc2nc(Cl)ccc2N)n[nH]c1=O. The Kier molecular flexibility index (Phi) is 3.93. The summed E-state index contributed by atoms with van der Waals surface area (Å²) in [6.45, 7) is 2.58. The molecule has 0 unspecified atom stereocenters. The van der Waals surface area contributed by atoms with E-state index in [1.54, 1.807) is 16.7 Å². The highest BCUT2D eigenvalue weighted by atomic mass is 35.5. The topological polar surface area (TPSA) is 89.6 Å². The van der Waals surface area contributed by atoms with E-state index in [1.807, 2.05) is 6.92 Å². The molecule has 2 aromatic rings. The normalized spacial score (nSPS) is 10.8. The Morgan fingerprint density at radius 1 is 1.56 bits per heavy atom. The molecule has 0 aliphatic heterocycles. The van der Waals surface area contributed by atoms with Crippen LogP contribution in [-0.2, 0) is 6.54 Å². The van der Waals surface area contributed by atoms with E-state index in [2.05, 4.69) is 15.2 Å². The maximum Gasteiger partial charge on any atom is 0.343 e. The summed E-state index contributed by atoms with van der Waals surface area (Å²) in [5.41, 5.74) is 6.07. The second-order valence-electron chi connectivity index (χ2n) is 3.59. The Labute approximate surface area is 113 Å². The fourth-order valence-corrected chi connectivity index (χ4v) is 2.47. The number of halogens is 1. The number of aromatic nitrogens is 4. The van der Waals surface area contributed by atoms with Gasteiger partial charge in [0.2, 0.25) is 0 Å². The van der Waals surface area contributed by atoms with Crippen LogP contribution in [0.1, 0.15) is 13.3 Å². The largest absolute Gasteiger partial charge is 0.397 e. The van der Waals surface area contributed by atoms with Crippen molar-refractivity contribution >= 4 is 29.1 Å². The molecule has 8 heteroatoms. The van der Waals surface area contributed by atoms with Crippen molar-refractivity contribution in [1.29, 1.82) is 0 Å². The van der Waals surface area contributed by atoms with Crippen molar-refractivity contribution in [1.82, 2.24) is 19.7 Å². The molecule has 0 bridgehead atoms. The van der Waals surface area contributed by atoms with Gasteiger partial charge in [0.05, 0.1) is 5.69 Å². The monoisotopic (exact) mass is 285 g/mol. The van der Waals surface area contributed by atoms with Crippen molar-refractivity contribution in [2.45, 2.75) is 30.1 Å². The zero-order chi connectivity index (χ0) is 13.1. The van der Waals surface area contributed by atoms with E-state index in [1.165, 1.54) is 11.8 Å². The summed E-state index contributed by atoms with van der Waals surface area (Å²) in [6, 6.07) is 3.29. The summed E-state index contributed by atoms with van der Waals surface area (Å²) in [4.78, 5) is 15.6. The van der Waals surface area contributed by atoms with Crippen molar-refractivity contribution in [3.8, 4) is 0 Å². The Morgan fingerprint density at radius 2 is 2.33 bits per heavy atom. The number of aromatic amines is 1. The molecule has 0 aliphatic rings. The lowest BCUT2D eigenvalue weighted by atomic mass is 10.4. The van der Waals surface area contributed by atoms with Crippen molar-refractivity contribution < 1.29 is 0 Å². The fraction of sp³-hybridized carbons (Fsp3) is 0.300. The second-order valence-corrected chi connectivity index (χ2v) is 4.94. The van der Waals surface area contributed by atoms with Gasteiger partial charge in [0.25, 0.3) is 0 Å². The van der Waals surface area contributed by atoms with Crippen molar-refractivity contribution in [2.24, 2.45) is 0 Å². The Morgan fingerprint density at radius 3 is 3.06 bits per heavy atom. The summed E-state index contributed by atoms with van der Waals surface area (Å²) in [5, 5.41) is 7.79. The molecule has 96 valence electrons. The number of nitrogen functional groups attached to an aromatic ring is 1. The lowest BCUT2D eigenvalue weighted by Gasteiger charge is -2.05. The smallest absolute Gasteiger partial charge is 0.343 e. The molecular weight excluding hydrogens is 274 g/mol. The molecule has 18 heavy (non-hydrogen) atoms. The molecule has 2 heterocycles. The van der Waals surface area contributed by atoms with E-state index in [-0.39, 0.29) is 5.69 Å². The van der Waals surface area contributed by atoms with Crippen LogP contribution in [0.15, 0.2) is 27.1 Å². The molecule has 0 fully saturated rings. The lowest BCUT2D eigenvalue weighted by molar-refractivity contribution is 0.603. The predicted molar refractivity (Wildman–Crippen MR) is 70.9 cm³/mol. The van der Waals surface area contributed by atoms with Crippen LogP contribution in [0.25, 0.3) is 0 Å². The zero-order valence-electron chi connectivity index (χ0n) is 9.68. The molecule has 0 spiro atoms. The Bertz CT molecular complexity index is 609. The van der Waals surface area contributed by atoms with Gasteiger partial charge in [-0.15, -0.1) is 5.10 Å². The van der Waals surface area contributed by atoms with Crippen molar-refractivity contribution in [3.05, 3.63) is 27.8 Å². The molecule has 2 aromatic heterocycles. The molecule has 0 radical (unpaired) electrons. The predicted octanol–water partition coefficient (Wildman–Crippen LogP) is 1.76. The molecular formula is C10H12ClN5OS. The minimum absolute atomic E-state index is 0.236. The molecule has 0 saturated heterocycles. The van der Waals surface area contributed by atoms with Gasteiger partial charge in [-0.2, -0.15) is 0 Å². The van der Waals surface area contributed by atoms with Crippen LogP contribution in [0.2, 0.25) is 5.15 Å². The van der Waals surface area contributed by atoms with Gasteiger partial charge in [-0.05, 0) is 30.3 Å². The second kappa shape index (κ2) is 5.45. The fourth-order valence-electron chi connectivity index (χ4n) is 1.40. The number of hydrogen-bond acceptors (Lipinski definition) is 5. The molecule has 0 aromatic carbocycles. The third kappa shape index (κ3) is 2.68. The van der Waals surface area contributed by atoms with E-state index in [4.69, 9.17) is 17.3 Å². The van der Waals surface area contributed by atoms with Crippen molar-refractivity contribution in [2.75, 3.05) is 5.73 Å². The highest BCUT2D eigenvalue weighted by Gasteiger charge is 2.12. The Hall–Kier alpha value is -1.47. The van der Waals surface area contributed by atoms with Gasteiger partial charge in [-0.3, -0.25) is 4.57 Å². The summed E-state index contributed by atoms with van der Waals surface area (Å²) in [6.07, 6.45) is 0.839. The highest BCUT2D eigenvalue weighted by Crippen LogP contribution is 2.29. The van der Waals surface area contributed by atoms with Crippen LogP contribution in [0.5, 0.6) is 0 Å². The van der Waals surface area contributed by atoms with Gasteiger partial charge in [0.15, 0.2) is 5.16 Å². The number of hydrogen-bond donors (Lipinski definition) is 2. The molecule has 6 nitrogen and oxygen atoms in total. The first-order chi connectivity index (χ1) is 8.61. The average Bonchev–Trinajstić information content (AvgIpc) is 2.67. The first-order valence-corrected chi connectivity index (χ1v) is 6.56. The van der Waals surface area contributed by atoms with Crippen molar-refractivity contribution in [3.63, 3.8) is 0 Å². The maximum atomic E-state index is 11.5. The molecule has 0 saturated carbocycles. The van der Waals surface area contributed by atoms with Gasteiger partial charge in [-0.1, -0.05) is 18.5 Å². The average molecular weight is 286 g/mol. The molecule has 0 atom stereocenters. The summed E-state index contributed by atoms with van der Waals surface area (Å²) < 4.78 is 1.55. The summed E-state index contributed by atoms with van der Waals surface area (Å²) >= 11 is 7.03. The first kappa shape index (κ1) is 13.0. The molecule has 3 N–H and O–H groups in total. The minimum Gasteiger partial charge on any atom is -0.397 e. The van der Waals surface area contributed by atoms with Gasteiger partial charge in [0, 0.05) is 6.54 Å². The van der Waals surface area contributed by atoms with Crippen LogP contribution in [0, 0.1) is 0 Å². The number of nitrogens with one attached hydrogen (secondary N) is 1. The van der Waals surface area contributed by atoms with Crippen LogP contribution in [0.4, 0.5) is 5.69 Å². The third-order valence-electron chi connectivity index (χ3n) is 2.21. The zero-order valence-corrected chi connectivity index (χ0v) is 11.3. The van der Waals surface area contributed by atoms with Gasteiger partial charge in [-0.25, -0.2) is 14.9 Å². The number of nitrogens with two attached hydrogens (primary N) is 1. The van der Waals surface area contributed by atoms with Gasteiger partial charge >= 0.3 is 5.69 Å². The van der Waals surface area contributed by atoms with E-state index in [9.17, 15) is 4.79 Å². The molecule has 0 aliphatic carbocycles. The number of nitrogens with zero attached hydrogens (tertiary/aromatic N) is 3. The van der Waals surface area contributed by atoms with E-state index >= 15 is 0 Å². The van der Waals surface area contributed by atoms with Crippen LogP contribution >= 0.6 is 23.4 Å². The Balaban J connectivity index is 2.34. The maximum absolute atomic E-state index is 11.5. The quantitative estimate of drug-likeness (QED) is 0.836. The molecule has 2 rings (SSSR count). The number of pyridine rings is 1. The standard InChI is InChI=1S/C10H12ClN5OS/c1-2-5-16-9(17)14-15-10(16)18-8-6(12)3-4-7(11)13-8/h3-4H,2,5,12H2,1H3,(H,14,17). The highest BCUT2D eigenvalue weighted by molar-refractivity contribution is 7.99. The van der Waals surface area contributed by atoms with Gasteiger partial charge < -0.3 is 5.73 Å². The minimum atomic E-state index is -0.236. The first-order valence-electron chi connectivity index (χ1n) is 5.37. The summed E-state index contributed by atoms with van der Waals surface area (Å²) in [5.74, 6) is 0. The van der Waals surface area contributed by atoms with Crippen LogP contribution in [-0.4, -0.2) is 19.7 Å². The van der Waals surface area contributed by atoms with E-state index in [0.29, 0.717) is 27.6 Å². The van der Waals surface area contributed by atoms with Crippen LogP contribution < -0.4 is 11.4 Å².